The predicted molar refractivity (Wildman–Crippen MR) is 101 cm³/mol. The molecule has 1 saturated heterocycles. The predicted octanol–water partition coefficient (Wildman–Crippen LogP) is 4.53. The zero-order chi connectivity index (χ0) is 17.4. The first-order valence-corrected chi connectivity index (χ1v) is 9.19. The van der Waals surface area contributed by atoms with Crippen molar-refractivity contribution in [1.82, 2.24) is 15.0 Å². The van der Waals surface area contributed by atoms with Crippen molar-refractivity contribution in [3.05, 3.63) is 47.5 Å². The van der Waals surface area contributed by atoms with Gasteiger partial charge in [-0.15, -0.1) is 0 Å². The molecule has 1 aliphatic heterocycles. The Labute approximate surface area is 148 Å². The molecule has 0 bridgehead atoms. The molecule has 1 aliphatic rings. The number of hydrogen-bond donors (Lipinski definition) is 0. The molecule has 0 saturated carbocycles. The lowest BCUT2D eigenvalue weighted by Gasteiger charge is -2.20. The van der Waals surface area contributed by atoms with Crippen molar-refractivity contribution in [3.8, 4) is 11.1 Å². The molecule has 0 N–H and O–H groups in total. The summed E-state index contributed by atoms with van der Waals surface area (Å²) in [6, 6.07) is 11.5. The van der Waals surface area contributed by atoms with Gasteiger partial charge in [-0.3, -0.25) is 4.98 Å². The number of benzene rings is 1. The van der Waals surface area contributed by atoms with Crippen molar-refractivity contribution in [2.45, 2.75) is 46.1 Å². The molecule has 3 heterocycles. The van der Waals surface area contributed by atoms with Gasteiger partial charge in [-0.05, 0) is 63.9 Å². The van der Waals surface area contributed by atoms with Gasteiger partial charge in [0.05, 0.1) is 11.2 Å². The summed E-state index contributed by atoms with van der Waals surface area (Å²) in [6.45, 7) is 8.61. The third-order valence-electron chi connectivity index (χ3n) is 5.41. The van der Waals surface area contributed by atoms with E-state index < -0.39 is 0 Å². The third kappa shape index (κ3) is 3.19. The van der Waals surface area contributed by atoms with Gasteiger partial charge in [-0.2, -0.15) is 0 Å². The normalized spacial score (nSPS) is 18.3. The molecular weight excluding hydrogens is 310 g/mol. The second kappa shape index (κ2) is 6.60. The molecular formula is C21H25N3O. The van der Waals surface area contributed by atoms with E-state index in [1.54, 1.807) is 0 Å². The average molecular weight is 335 g/mol. The van der Waals surface area contributed by atoms with Gasteiger partial charge in [0.1, 0.15) is 5.76 Å². The summed E-state index contributed by atoms with van der Waals surface area (Å²) in [5.41, 5.74) is 5.40. The number of fused-ring (bicyclic) bond motifs is 1. The van der Waals surface area contributed by atoms with Gasteiger partial charge >= 0.3 is 0 Å². The molecule has 130 valence electrons. The minimum atomic E-state index is 0.720. The first-order valence-electron chi connectivity index (χ1n) is 9.19. The summed E-state index contributed by atoms with van der Waals surface area (Å²) >= 11 is 0. The van der Waals surface area contributed by atoms with Crippen LogP contribution in [0.1, 0.15) is 36.9 Å². The molecule has 1 aromatic carbocycles. The second-order valence-corrected chi connectivity index (χ2v) is 7.19. The van der Waals surface area contributed by atoms with E-state index in [0.717, 1.165) is 52.5 Å². The number of rotatable bonds is 4. The van der Waals surface area contributed by atoms with Crippen LogP contribution in [-0.2, 0) is 6.42 Å². The molecule has 0 radical (unpaired) electrons. The third-order valence-corrected chi connectivity index (χ3v) is 5.41. The number of likely N-dealkylation sites (tertiary alicyclic amines) is 1. The maximum atomic E-state index is 5.30. The highest BCUT2D eigenvalue weighted by Crippen LogP contribution is 2.29. The van der Waals surface area contributed by atoms with Crippen molar-refractivity contribution < 1.29 is 4.52 Å². The van der Waals surface area contributed by atoms with Crippen LogP contribution >= 0.6 is 0 Å². The van der Waals surface area contributed by atoms with Crippen LogP contribution in [0.3, 0.4) is 0 Å². The molecule has 1 atom stereocenters. The second-order valence-electron chi connectivity index (χ2n) is 7.19. The fourth-order valence-electron chi connectivity index (χ4n) is 3.94. The fraction of sp³-hybridized carbons (Fsp3) is 0.429. The molecule has 4 rings (SSSR count). The molecule has 3 aromatic rings. The zero-order valence-electron chi connectivity index (χ0n) is 15.2. The Hall–Kier alpha value is -2.20. The summed E-state index contributed by atoms with van der Waals surface area (Å²) in [5.74, 6) is 0.862. The minimum absolute atomic E-state index is 0.720. The molecule has 4 nitrogen and oxygen atoms in total. The monoisotopic (exact) mass is 335 g/mol. The van der Waals surface area contributed by atoms with Gasteiger partial charge in [0, 0.05) is 35.7 Å². The minimum Gasteiger partial charge on any atom is -0.361 e. The quantitative estimate of drug-likeness (QED) is 0.702. The van der Waals surface area contributed by atoms with Gasteiger partial charge in [0.25, 0.3) is 0 Å². The van der Waals surface area contributed by atoms with E-state index in [2.05, 4.69) is 47.3 Å². The molecule has 4 heteroatoms. The van der Waals surface area contributed by atoms with Crippen molar-refractivity contribution in [2.24, 2.45) is 0 Å². The van der Waals surface area contributed by atoms with E-state index in [1.807, 2.05) is 13.8 Å². The van der Waals surface area contributed by atoms with Crippen molar-refractivity contribution in [1.29, 1.82) is 0 Å². The first kappa shape index (κ1) is 16.3. The van der Waals surface area contributed by atoms with E-state index >= 15 is 0 Å². The topological polar surface area (TPSA) is 42.2 Å². The maximum Gasteiger partial charge on any atom is 0.141 e. The molecule has 0 aliphatic carbocycles. The highest BCUT2D eigenvalue weighted by Gasteiger charge is 2.19. The summed E-state index contributed by atoms with van der Waals surface area (Å²) in [6.07, 6.45) is 3.68. The maximum absolute atomic E-state index is 5.30. The van der Waals surface area contributed by atoms with E-state index in [4.69, 9.17) is 9.51 Å². The van der Waals surface area contributed by atoms with Crippen LogP contribution in [0.4, 0.5) is 0 Å². The van der Waals surface area contributed by atoms with Gasteiger partial charge < -0.3 is 9.42 Å². The van der Waals surface area contributed by atoms with E-state index in [1.165, 1.54) is 25.1 Å². The Morgan fingerprint density at radius 2 is 2.08 bits per heavy atom. The SMILES string of the molecule is Cc1noc(C)c1-c1ccc2nc(CCN3CCC[C@H]3C)ccc2c1. The van der Waals surface area contributed by atoms with Crippen LogP contribution in [0, 0.1) is 13.8 Å². The first-order chi connectivity index (χ1) is 12.1. The van der Waals surface area contributed by atoms with Crippen LogP contribution in [0.25, 0.3) is 22.0 Å². The lowest BCUT2D eigenvalue weighted by atomic mass is 10.0. The van der Waals surface area contributed by atoms with Crippen LogP contribution in [-0.4, -0.2) is 34.2 Å². The number of aromatic nitrogens is 2. The number of hydrogen-bond acceptors (Lipinski definition) is 4. The highest BCUT2D eigenvalue weighted by atomic mass is 16.5. The van der Waals surface area contributed by atoms with Gasteiger partial charge in [-0.25, -0.2) is 0 Å². The summed E-state index contributed by atoms with van der Waals surface area (Å²) < 4.78 is 5.30. The van der Waals surface area contributed by atoms with E-state index in [-0.39, 0.29) is 0 Å². The Bertz CT molecular complexity index is 880. The van der Waals surface area contributed by atoms with Crippen LogP contribution in [0.2, 0.25) is 0 Å². The van der Waals surface area contributed by atoms with Crippen molar-refractivity contribution in [2.75, 3.05) is 13.1 Å². The number of nitrogens with zero attached hydrogens (tertiary/aromatic N) is 3. The smallest absolute Gasteiger partial charge is 0.141 e. The largest absolute Gasteiger partial charge is 0.361 e. The van der Waals surface area contributed by atoms with Gasteiger partial charge in [0.2, 0.25) is 0 Å². The lowest BCUT2D eigenvalue weighted by Crippen LogP contribution is -2.29. The molecule has 25 heavy (non-hydrogen) atoms. The standard InChI is InChI=1S/C21H25N3O/c1-14-5-4-11-24(14)12-10-19-8-6-17-13-18(7-9-20(17)22-19)21-15(2)23-25-16(21)3/h6-9,13-14H,4-5,10-12H2,1-3H3/t14-/m1/s1. The molecule has 1 fully saturated rings. The number of pyridine rings is 1. The fourth-order valence-corrected chi connectivity index (χ4v) is 3.94. The van der Waals surface area contributed by atoms with E-state index in [9.17, 15) is 0 Å². The van der Waals surface area contributed by atoms with Crippen LogP contribution in [0.5, 0.6) is 0 Å². The Morgan fingerprint density at radius 3 is 2.80 bits per heavy atom. The zero-order valence-corrected chi connectivity index (χ0v) is 15.2. The van der Waals surface area contributed by atoms with Crippen molar-refractivity contribution in [3.63, 3.8) is 0 Å². The molecule has 0 spiro atoms. The molecule has 0 amide bonds. The average Bonchev–Trinajstić information content (AvgIpc) is 3.17. The van der Waals surface area contributed by atoms with E-state index in [0.29, 0.717) is 0 Å². The van der Waals surface area contributed by atoms with Gasteiger partial charge in [-0.1, -0.05) is 17.3 Å². The van der Waals surface area contributed by atoms with Crippen molar-refractivity contribution >= 4 is 10.9 Å². The number of aryl methyl sites for hydroxylation is 2. The van der Waals surface area contributed by atoms with Gasteiger partial charge in [0.15, 0.2) is 0 Å². The molecule has 2 aromatic heterocycles. The van der Waals surface area contributed by atoms with Crippen LogP contribution < -0.4 is 0 Å². The lowest BCUT2D eigenvalue weighted by molar-refractivity contribution is 0.271. The summed E-state index contributed by atoms with van der Waals surface area (Å²) in [7, 11) is 0. The highest BCUT2D eigenvalue weighted by molar-refractivity contribution is 5.85. The van der Waals surface area contributed by atoms with Crippen LogP contribution in [0.15, 0.2) is 34.9 Å². The summed E-state index contributed by atoms with van der Waals surface area (Å²) in [4.78, 5) is 7.44. The Balaban J connectivity index is 1.56. The Kier molecular flexibility index (Phi) is 4.30. The Morgan fingerprint density at radius 1 is 1.20 bits per heavy atom. The summed E-state index contributed by atoms with van der Waals surface area (Å²) in [5, 5.41) is 5.22. The molecule has 0 unspecified atom stereocenters.